The van der Waals surface area contributed by atoms with Gasteiger partial charge in [-0.25, -0.2) is 0 Å². The molecule has 0 bridgehead atoms. The van der Waals surface area contributed by atoms with E-state index >= 15 is 0 Å². The topological polar surface area (TPSA) is 13.0 Å². The molecule has 0 N–H and O–H groups in total. The summed E-state index contributed by atoms with van der Waals surface area (Å²) in [6.45, 7) is 2.00. The highest BCUT2D eigenvalue weighted by atomic mass is 15.4. The molecule has 0 aliphatic heterocycles. The number of nitrogens with zero attached hydrogens (tertiary/aromatic N) is 4. The standard InChI is InChI=1S/C39H36N4/c1-7-19-34(20-8-1)40(32-42(36-23-11-3-12-24-36)37-25-13-4-14-26-37)31-41(35-21-9-2-10-22-35)33-43(38-27-15-5-16-28-38)39-29-17-6-18-30-39/h1-30H,31-33H2. The lowest BCUT2D eigenvalue weighted by Gasteiger charge is -2.40. The van der Waals surface area contributed by atoms with Gasteiger partial charge in [-0.1, -0.05) is 109 Å². The van der Waals surface area contributed by atoms with E-state index in [2.05, 4.69) is 202 Å². The minimum Gasteiger partial charge on any atom is -0.336 e. The number of rotatable bonds is 12. The van der Waals surface area contributed by atoms with Crippen LogP contribution in [0.25, 0.3) is 0 Å². The van der Waals surface area contributed by atoms with Gasteiger partial charge in [0.25, 0.3) is 0 Å². The third-order valence-electron chi connectivity index (χ3n) is 7.48. The van der Waals surface area contributed by atoms with Gasteiger partial charge in [-0.2, -0.15) is 0 Å². The Bertz CT molecular complexity index is 1430. The first-order valence-corrected chi connectivity index (χ1v) is 14.7. The van der Waals surface area contributed by atoms with Crippen molar-refractivity contribution in [3.05, 3.63) is 182 Å². The summed E-state index contributed by atoms with van der Waals surface area (Å²) in [5.41, 5.74) is 6.91. The monoisotopic (exact) mass is 560 g/mol. The van der Waals surface area contributed by atoms with Crippen molar-refractivity contribution >= 4 is 34.1 Å². The van der Waals surface area contributed by atoms with Crippen LogP contribution in [-0.2, 0) is 0 Å². The molecule has 6 aromatic carbocycles. The van der Waals surface area contributed by atoms with Crippen LogP contribution in [0.1, 0.15) is 0 Å². The van der Waals surface area contributed by atoms with Gasteiger partial charge in [-0.3, -0.25) is 0 Å². The Morgan fingerprint density at radius 2 is 0.442 bits per heavy atom. The van der Waals surface area contributed by atoms with Gasteiger partial charge in [0.2, 0.25) is 0 Å². The number of hydrogen-bond acceptors (Lipinski definition) is 4. The lowest BCUT2D eigenvalue weighted by atomic mass is 10.2. The fraction of sp³-hybridized carbons (Fsp3) is 0.0769. The highest BCUT2D eigenvalue weighted by Crippen LogP contribution is 2.30. The molecule has 0 aliphatic carbocycles. The number of anilines is 6. The highest BCUT2D eigenvalue weighted by molar-refractivity contribution is 5.67. The van der Waals surface area contributed by atoms with Crippen LogP contribution in [0.4, 0.5) is 34.1 Å². The van der Waals surface area contributed by atoms with Crippen LogP contribution in [-0.4, -0.2) is 20.0 Å². The summed E-state index contributed by atoms with van der Waals surface area (Å²) in [5.74, 6) is 0. The molecule has 0 aliphatic rings. The van der Waals surface area contributed by atoms with Crippen LogP contribution in [0.5, 0.6) is 0 Å². The van der Waals surface area contributed by atoms with E-state index < -0.39 is 0 Å². The van der Waals surface area contributed by atoms with Crippen molar-refractivity contribution in [3.8, 4) is 0 Å². The molecule has 0 amide bonds. The Morgan fingerprint density at radius 1 is 0.233 bits per heavy atom. The first-order chi connectivity index (χ1) is 21.3. The van der Waals surface area contributed by atoms with Crippen molar-refractivity contribution in [2.75, 3.05) is 39.6 Å². The molecule has 212 valence electrons. The van der Waals surface area contributed by atoms with Crippen molar-refractivity contribution < 1.29 is 0 Å². The van der Waals surface area contributed by atoms with Crippen LogP contribution >= 0.6 is 0 Å². The summed E-state index contributed by atoms with van der Waals surface area (Å²) in [4.78, 5) is 9.65. The molecule has 0 saturated heterocycles. The first kappa shape index (κ1) is 27.7. The maximum atomic E-state index is 2.45. The van der Waals surface area contributed by atoms with E-state index in [1.165, 1.54) is 0 Å². The minimum atomic E-state index is 0.665. The molecule has 43 heavy (non-hydrogen) atoms. The Morgan fingerprint density at radius 3 is 0.674 bits per heavy atom. The summed E-state index contributed by atoms with van der Waals surface area (Å²) in [6.07, 6.45) is 0. The molecule has 4 nitrogen and oxygen atoms in total. The van der Waals surface area contributed by atoms with E-state index in [1.807, 2.05) is 0 Å². The smallest absolute Gasteiger partial charge is 0.0968 e. The SMILES string of the molecule is c1ccc(N(CN(CN(c2ccccc2)c2ccccc2)c2ccccc2)CN(c2ccccc2)c2ccccc2)cc1. The molecule has 0 aromatic heterocycles. The first-order valence-electron chi connectivity index (χ1n) is 14.7. The second kappa shape index (κ2) is 13.9. The van der Waals surface area contributed by atoms with Crippen LogP contribution in [0.3, 0.4) is 0 Å². The molecule has 0 radical (unpaired) electrons. The van der Waals surface area contributed by atoms with Gasteiger partial charge in [0, 0.05) is 34.1 Å². The molecule has 0 atom stereocenters. The molecular weight excluding hydrogens is 524 g/mol. The van der Waals surface area contributed by atoms with E-state index in [9.17, 15) is 0 Å². The average Bonchev–Trinajstić information content (AvgIpc) is 3.10. The Hall–Kier alpha value is -5.48. The highest BCUT2D eigenvalue weighted by Gasteiger charge is 2.21. The van der Waals surface area contributed by atoms with Gasteiger partial charge in [-0.05, 0) is 72.8 Å². The van der Waals surface area contributed by atoms with Crippen molar-refractivity contribution in [2.45, 2.75) is 0 Å². The van der Waals surface area contributed by atoms with Crippen LogP contribution in [0.2, 0.25) is 0 Å². The number of para-hydroxylation sites is 6. The van der Waals surface area contributed by atoms with Crippen molar-refractivity contribution in [2.24, 2.45) is 0 Å². The van der Waals surface area contributed by atoms with Gasteiger partial charge in [-0.15, -0.1) is 0 Å². The molecular formula is C39H36N4. The summed E-state index contributed by atoms with van der Waals surface area (Å²) in [5, 5.41) is 0. The second-order valence-corrected chi connectivity index (χ2v) is 10.4. The molecule has 0 heterocycles. The quantitative estimate of drug-likeness (QED) is 0.138. The summed E-state index contributed by atoms with van der Waals surface area (Å²) >= 11 is 0. The fourth-order valence-corrected chi connectivity index (χ4v) is 5.30. The predicted octanol–water partition coefficient (Wildman–Crippen LogP) is 9.55. The Balaban J connectivity index is 1.40. The third-order valence-corrected chi connectivity index (χ3v) is 7.48. The molecule has 0 unspecified atom stereocenters. The van der Waals surface area contributed by atoms with Gasteiger partial charge < -0.3 is 19.6 Å². The van der Waals surface area contributed by atoms with E-state index in [0.717, 1.165) is 34.1 Å². The van der Waals surface area contributed by atoms with E-state index in [1.54, 1.807) is 0 Å². The summed E-state index contributed by atoms with van der Waals surface area (Å²) in [7, 11) is 0. The van der Waals surface area contributed by atoms with E-state index in [0.29, 0.717) is 20.0 Å². The van der Waals surface area contributed by atoms with Gasteiger partial charge in [0.1, 0.15) is 0 Å². The maximum Gasteiger partial charge on any atom is 0.0968 e. The molecule has 6 rings (SSSR count). The lowest BCUT2D eigenvalue weighted by molar-refractivity contribution is 0.717. The minimum absolute atomic E-state index is 0.665. The zero-order valence-electron chi connectivity index (χ0n) is 24.2. The maximum absolute atomic E-state index is 2.45. The summed E-state index contributed by atoms with van der Waals surface area (Å²) in [6, 6.07) is 63.9. The molecule has 0 spiro atoms. The van der Waals surface area contributed by atoms with Crippen molar-refractivity contribution in [1.29, 1.82) is 0 Å². The van der Waals surface area contributed by atoms with E-state index in [-0.39, 0.29) is 0 Å². The van der Waals surface area contributed by atoms with Crippen LogP contribution in [0.15, 0.2) is 182 Å². The lowest BCUT2D eigenvalue weighted by Crippen LogP contribution is -2.46. The second-order valence-electron chi connectivity index (χ2n) is 10.4. The van der Waals surface area contributed by atoms with Crippen LogP contribution in [0, 0.1) is 0 Å². The van der Waals surface area contributed by atoms with Gasteiger partial charge in [0.05, 0.1) is 20.0 Å². The molecule has 0 fully saturated rings. The third kappa shape index (κ3) is 7.06. The predicted molar refractivity (Wildman–Crippen MR) is 182 cm³/mol. The normalized spacial score (nSPS) is 10.6. The molecule has 6 aromatic rings. The van der Waals surface area contributed by atoms with Gasteiger partial charge in [0.15, 0.2) is 0 Å². The average molecular weight is 561 g/mol. The summed E-state index contributed by atoms with van der Waals surface area (Å²) < 4.78 is 0. The van der Waals surface area contributed by atoms with Crippen LogP contribution < -0.4 is 19.6 Å². The largest absolute Gasteiger partial charge is 0.336 e. The molecule has 0 saturated carbocycles. The Labute approximate surface area is 255 Å². The zero-order chi connectivity index (χ0) is 29.1. The zero-order valence-corrected chi connectivity index (χ0v) is 24.2. The molecule has 4 heteroatoms. The van der Waals surface area contributed by atoms with Crippen molar-refractivity contribution in [1.82, 2.24) is 0 Å². The van der Waals surface area contributed by atoms with Gasteiger partial charge >= 0.3 is 0 Å². The van der Waals surface area contributed by atoms with E-state index in [4.69, 9.17) is 0 Å². The Kier molecular flexibility index (Phi) is 8.96. The fourth-order valence-electron chi connectivity index (χ4n) is 5.30. The number of hydrogen-bond donors (Lipinski definition) is 0. The van der Waals surface area contributed by atoms with Crippen molar-refractivity contribution in [3.63, 3.8) is 0 Å². The number of benzene rings is 6.